The molecule has 0 saturated heterocycles. The van der Waals surface area contributed by atoms with Crippen LogP contribution in [0, 0.1) is 0 Å². The van der Waals surface area contributed by atoms with Crippen LogP contribution in [0.1, 0.15) is 63.5 Å². The average molecular weight is 588 g/mol. The van der Waals surface area contributed by atoms with Crippen molar-refractivity contribution in [3.05, 3.63) is 88.2 Å². The number of benzene rings is 2. The van der Waals surface area contributed by atoms with E-state index in [1.54, 1.807) is 18.2 Å². The van der Waals surface area contributed by atoms with Crippen molar-refractivity contribution in [2.75, 3.05) is 13.7 Å². The molecule has 212 valence electrons. The van der Waals surface area contributed by atoms with Crippen LogP contribution < -0.4 is 14.8 Å². The minimum atomic E-state index is -4.21. The number of carbonyl (C=O) groups is 3. The lowest BCUT2D eigenvalue weighted by molar-refractivity contribution is 0.0277. The average Bonchev–Trinajstić information content (AvgIpc) is 2.95. The van der Waals surface area contributed by atoms with Gasteiger partial charge in [-0.2, -0.15) is 0 Å². The molecule has 1 aromatic heterocycles. The highest BCUT2D eigenvalue weighted by Gasteiger charge is 2.21. The number of halogens is 1. The molecule has 0 fully saturated rings. The first-order chi connectivity index (χ1) is 19.1. The smallest absolute Gasteiger partial charge is 0.357 e. The molecule has 3 aromatic rings. The summed E-state index contributed by atoms with van der Waals surface area (Å²) in [5, 5.41) is 3.14. The lowest BCUT2D eigenvalue weighted by atomic mass is 10.1. The molecule has 0 atom stereocenters. The first-order valence-electron chi connectivity index (χ1n) is 12.5. The van der Waals surface area contributed by atoms with Gasteiger partial charge in [0.2, 0.25) is 0 Å². The van der Waals surface area contributed by atoms with Gasteiger partial charge < -0.3 is 14.8 Å². The summed E-state index contributed by atoms with van der Waals surface area (Å²) in [6.45, 7) is 4.01. The zero-order valence-electron chi connectivity index (χ0n) is 22.3. The third-order valence-corrected chi connectivity index (χ3v) is 7.52. The van der Waals surface area contributed by atoms with Gasteiger partial charge in [0.1, 0.15) is 17.5 Å². The second-order valence-corrected chi connectivity index (χ2v) is 10.8. The topological polar surface area (TPSA) is 141 Å². The number of amides is 2. The van der Waals surface area contributed by atoms with Gasteiger partial charge in [-0.1, -0.05) is 37.6 Å². The van der Waals surface area contributed by atoms with Gasteiger partial charge in [-0.05, 0) is 67.3 Å². The fraction of sp³-hybridized carbons (Fsp3) is 0.286. The summed E-state index contributed by atoms with van der Waals surface area (Å²) < 4.78 is 38.3. The fourth-order valence-corrected chi connectivity index (χ4v) is 4.91. The van der Waals surface area contributed by atoms with Crippen molar-refractivity contribution < 1.29 is 32.3 Å². The monoisotopic (exact) mass is 587 g/mol. The summed E-state index contributed by atoms with van der Waals surface area (Å²) in [5.74, 6) is -1.54. The van der Waals surface area contributed by atoms with Crippen LogP contribution in [0.4, 0.5) is 0 Å². The van der Waals surface area contributed by atoms with E-state index in [0.717, 1.165) is 6.20 Å². The van der Waals surface area contributed by atoms with Gasteiger partial charge in [0.05, 0.1) is 23.1 Å². The standard InChI is InChI=1S/C28H30ClN3O7S/c1-4-21(5-2)39-28(35)24-11-9-19(17-31-24)26(33)32-40(36,37)22-8-6-7-18(15-22)13-14-30-27(34)23-16-20(29)10-12-25(23)38-3/h6-12,15-17,21H,4-5,13-14H2,1-3H3,(H,30,34)(H,32,33). The molecule has 2 amide bonds. The maximum absolute atomic E-state index is 12.9. The highest BCUT2D eigenvalue weighted by Crippen LogP contribution is 2.22. The molecule has 2 N–H and O–H groups in total. The number of sulfonamides is 1. The summed E-state index contributed by atoms with van der Waals surface area (Å²) in [5.41, 5.74) is 0.869. The van der Waals surface area contributed by atoms with E-state index < -0.39 is 21.9 Å². The van der Waals surface area contributed by atoms with Gasteiger partial charge in [0.15, 0.2) is 0 Å². The Labute approximate surface area is 238 Å². The van der Waals surface area contributed by atoms with Crippen molar-refractivity contribution >= 4 is 39.4 Å². The van der Waals surface area contributed by atoms with E-state index in [-0.39, 0.29) is 40.3 Å². The largest absolute Gasteiger partial charge is 0.496 e. The second kappa shape index (κ2) is 13.9. The number of methoxy groups -OCH3 is 1. The quantitative estimate of drug-likeness (QED) is 0.301. The Hall–Kier alpha value is -3.96. The Kier molecular flexibility index (Phi) is 10.6. The maximum atomic E-state index is 12.9. The SMILES string of the molecule is CCC(CC)OC(=O)c1ccc(C(=O)NS(=O)(=O)c2cccc(CCNC(=O)c3cc(Cl)ccc3OC)c2)cn1. The van der Waals surface area contributed by atoms with Crippen molar-refractivity contribution in [3.8, 4) is 5.75 Å². The van der Waals surface area contributed by atoms with Gasteiger partial charge in [-0.25, -0.2) is 22.9 Å². The maximum Gasteiger partial charge on any atom is 0.357 e. The minimum absolute atomic E-state index is 0.0138. The number of nitrogens with one attached hydrogen (secondary N) is 2. The molecule has 0 aliphatic rings. The number of aromatic nitrogens is 1. The number of ether oxygens (including phenoxy) is 2. The Morgan fingerprint density at radius 1 is 1.00 bits per heavy atom. The van der Waals surface area contributed by atoms with E-state index in [4.69, 9.17) is 21.1 Å². The number of pyridine rings is 1. The first-order valence-corrected chi connectivity index (χ1v) is 14.4. The summed E-state index contributed by atoms with van der Waals surface area (Å²) in [6.07, 6.45) is 2.52. The van der Waals surface area contributed by atoms with Crippen molar-refractivity contribution in [2.24, 2.45) is 0 Å². The Balaban J connectivity index is 1.61. The number of hydrogen-bond acceptors (Lipinski definition) is 8. The van der Waals surface area contributed by atoms with E-state index in [1.807, 2.05) is 18.6 Å². The molecule has 0 aliphatic carbocycles. The van der Waals surface area contributed by atoms with Crippen LogP contribution in [-0.2, 0) is 21.2 Å². The first kappa shape index (κ1) is 30.6. The zero-order valence-corrected chi connectivity index (χ0v) is 23.8. The van der Waals surface area contributed by atoms with Crippen LogP contribution in [0.3, 0.4) is 0 Å². The second-order valence-electron chi connectivity index (χ2n) is 8.71. The van der Waals surface area contributed by atoms with E-state index in [2.05, 4.69) is 10.3 Å². The third kappa shape index (κ3) is 8.03. The minimum Gasteiger partial charge on any atom is -0.496 e. The Bertz CT molecular complexity index is 1470. The Morgan fingerprint density at radius 3 is 2.40 bits per heavy atom. The molecule has 0 radical (unpaired) electrons. The molecule has 1 heterocycles. The molecule has 0 bridgehead atoms. The van der Waals surface area contributed by atoms with Gasteiger partial charge in [0.25, 0.3) is 21.8 Å². The molecule has 40 heavy (non-hydrogen) atoms. The number of carbonyl (C=O) groups excluding carboxylic acids is 3. The number of esters is 1. The van der Waals surface area contributed by atoms with Crippen LogP contribution in [0.2, 0.25) is 5.02 Å². The predicted octanol–water partition coefficient (Wildman–Crippen LogP) is 4.18. The van der Waals surface area contributed by atoms with E-state index in [9.17, 15) is 22.8 Å². The molecule has 12 heteroatoms. The molecule has 0 unspecified atom stereocenters. The van der Waals surface area contributed by atoms with Crippen LogP contribution in [-0.4, -0.2) is 50.9 Å². The van der Waals surface area contributed by atoms with Crippen LogP contribution in [0.15, 0.2) is 65.7 Å². The molecule has 0 saturated carbocycles. The van der Waals surface area contributed by atoms with Crippen molar-refractivity contribution in [1.29, 1.82) is 0 Å². The fourth-order valence-electron chi connectivity index (χ4n) is 3.70. The molecule has 0 spiro atoms. The molecule has 10 nitrogen and oxygen atoms in total. The van der Waals surface area contributed by atoms with Gasteiger partial charge in [-0.3, -0.25) is 9.59 Å². The van der Waals surface area contributed by atoms with E-state index >= 15 is 0 Å². The lowest BCUT2D eigenvalue weighted by Gasteiger charge is -2.13. The number of hydrogen-bond donors (Lipinski definition) is 2. The van der Waals surface area contributed by atoms with Gasteiger partial charge >= 0.3 is 5.97 Å². The molecular weight excluding hydrogens is 558 g/mol. The zero-order chi connectivity index (χ0) is 29.3. The summed E-state index contributed by atoms with van der Waals surface area (Å²) in [7, 11) is -2.77. The van der Waals surface area contributed by atoms with Crippen molar-refractivity contribution in [1.82, 2.24) is 15.0 Å². The van der Waals surface area contributed by atoms with Crippen LogP contribution in [0.25, 0.3) is 0 Å². The highest BCUT2D eigenvalue weighted by molar-refractivity contribution is 7.90. The molecule has 0 aliphatic heterocycles. The summed E-state index contributed by atoms with van der Waals surface area (Å²) >= 11 is 5.98. The van der Waals surface area contributed by atoms with Crippen LogP contribution >= 0.6 is 11.6 Å². The van der Waals surface area contributed by atoms with Crippen LogP contribution in [0.5, 0.6) is 5.75 Å². The van der Waals surface area contributed by atoms with Crippen molar-refractivity contribution in [3.63, 3.8) is 0 Å². The lowest BCUT2D eigenvalue weighted by Crippen LogP contribution is -2.31. The number of rotatable bonds is 12. The Morgan fingerprint density at radius 2 is 1.75 bits per heavy atom. The van der Waals surface area contributed by atoms with Gasteiger partial charge in [-0.15, -0.1) is 0 Å². The summed E-state index contributed by atoms with van der Waals surface area (Å²) in [6, 6.07) is 13.3. The molecule has 2 aromatic carbocycles. The predicted molar refractivity (Wildman–Crippen MR) is 149 cm³/mol. The van der Waals surface area contributed by atoms with Gasteiger partial charge in [0, 0.05) is 17.8 Å². The summed E-state index contributed by atoms with van der Waals surface area (Å²) in [4.78, 5) is 41.2. The normalized spacial score (nSPS) is 11.1. The van der Waals surface area contributed by atoms with E-state index in [1.165, 1.54) is 43.5 Å². The molecule has 3 rings (SSSR count). The highest BCUT2D eigenvalue weighted by atomic mass is 35.5. The third-order valence-electron chi connectivity index (χ3n) is 5.96. The van der Waals surface area contributed by atoms with Crippen molar-refractivity contribution in [2.45, 2.75) is 44.1 Å². The van der Waals surface area contributed by atoms with E-state index in [0.29, 0.717) is 35.6 Å². The molecular formula is C28H30ClN3O7S. The number of nitrogens with zero attached hydrogens (tertiary/aromatic N) is 1.